The zero-order chi connectivity index (χ0) is 13.2. The molecule has 0 aliphatic rings. The summed E-state index contributed by atoms with van der Waals surface area (Å²) in [5.74, 6) is 0. The third-order valence-electron chi connectivity index (χ3n) is 2.88. The Hall–Kier alpha value is -0.900. The first kappa shape index (κ1) is 15.2. The molecule has 3 heteroatoms. The number of aryl methyl sites for hydroxylation is 1. The van der Waals surface area contributed by atoms with Gasteiger partial charge in [0.05, 0.1) is 6.61 Å². The lowest BCUT2D eigenvalue weighted by molar-refractivity contribution is 0.103. The first-order chi connectivity index (χ1) is 8.74. The number of hydrogen-bond acceptors (Lipinski definition) is 3. The highest BCUT2D eigenvalue weighted by Crippen LogP contribution is 2.13. The maximum Gasteiger partial charge on any atom is 0.0591 e. The van der Waals surface area contributed by atoms with Crippen LogP contribution in [-0.4, -0.2) is 33.5 Å². The molecule has 1 rings (SSSR count). The van der Waals surface area contributed by atoms with Crippen LogP contribution in [0.1, 0.15) is 30.5 Å². The van der Waals surface area contributed by atoms with Crippen molar-refractivity contribution < 1.29 is 9.47 Å². The van der Waals surface area contributed by atoms with Crippen LogP contribution in [-0.2, 0) is 9.47 Å². The van der Waals surface area contributed by atoms with Crippen molar-refractivity contribution in [3.05, 3.63) is 35.4 Å². The minimum absolute atomic E-state index is 0.368. The minimum Gasteiger partial charge on any atom is -0.385 e. The van der Waals surface area contributed by atoms with E-state index in [1.54, 1.807) is 7.11 Å². The molecule has 1 aromatic carbocycles. The monoisotopic (exact) mass is 251 g/mol. The lowest BCUT2D eigenvalue weighted by Gasteiger charge is -2.14. The topological polar surface area (TPSA) is 30.5 Å². The van der Waals surface area contributed by atoms with Crippen LogP contribution in [0, 0.1) is 6.92 Å². The lowest BCUT2D eigenvalue weighted by Crippen LogP contribution is -2.23. The molecule has 102 valence electrons. The lowest BCUT2D eigenvalue weighted by atomic mass is 10.1. The van der Waals surface area contributed by atoms with Gasteiger partial charge in [-0.2, -0.15) is 0 Å². The van der Waals surface area contributed by atoms with Gasteiger partial charge in [-0.25, -0.2) is 0 Å². The van der Waals surface area contributed by atoms with E-state index in [1.807, 2.05) is 0 Å². The van der Waals surface area contributed by atoms with Crippen LogP contribution in [0.25, 0.3) is 0 Å². The molecule has 0 saturated carbocycles. The van der Waals surface area contributed by atoms with Crippen molar-refractivity contribution in [2.45, 2.75) is 26.3 Å². The quantitative estimate of drug-likeness (QED) is 0.685. The largest absolute Gasteiger partial charge is 0.385 e. The molecule has 0 bridgehead atoms. The number of benzene rings is 1. The van der Waals surface area contributed by atoms with E-state index in [4.69, 9.17) is 9.47 Å². The zero-order valence-electron chi connectivity index (χ0n) is 11.7. The second-order valence-corrected chi connectivity index (χ2v) is 4.55. The van der Waals surface area contributed by atoms with Crippen molar-refractivity contribution in [3.63, 3.8) is 0 Å². The molecule has 1 N–H and O–H groups in total. The third kappa shape index (κ3) is 6.15. The van der Waals surface area contributed by atoms with Gasteiger partial charge in [0.15, 0.2) is 0 Å². The van der Waals surface area contributed by atoms with Crippen molar-refractivity contribution in [1.82, 2.24) is 5.32 Å². The Morgan fingerprint density at radius 1 is 1.22 bits per heavy atom. The van der Waals surface area contributed by atoms with Crippen molar-refractivity contribution in [2.24, 2.45) is 0 Å². The molecule has 1 aromatic rings. The average molecular weight is 251 g/mol. The Morgan fingerprint density at radius 2 is 2.06 bits per heavy atom. The number of ether oxygens (including phenoxy) is 2. The van der Waals surface area contributed by atoms with Crippen LogP contribution < -0.4 is 5.32 Å². The predicted molar refractivity (Wildman–Crippen MR) is 74.9 cm³/mol. The normalized spacial score (nSPS) is 12.6. The van der Waals surface area contributed by atoms with Gasteiger partial charge in [0, 0.05) is 32.9 Å². The maximum atomic E-state index is 5.50. The summed E-state index contributed by atoms with van der Waals surface area (Å²) in [5, 5.41) is 3.46. The van der Waals surface area contributed by atoms with E-state index < -0.39 is 0 Å². The van der Waals surface area contributed by atoms with Gasteiger partial charge in [-0.15, -0.1) is 0 Å². The summed E-state index contributed by atoms with van der Waals surface area (Å²) in [4.78, 5) is 0. The summed E-state index contributed by atoms with van der Waals surface area (Å²) in [7, 11) is 1.71. The van der Waals surface area contributed by atoms with E-state index in [0.29, 0.717) is 6.04 Å². The standard InChI is InChI=1S/C15H25NO2/c1-13-6-4-7-15(12-13)14(2)16-8-11-18-10-5-9-17-3/h4,6-7,12,14,16H,5,8-11H2,1-3H3/t14-/m0/s1. The molecule has 0 saturated heterocycles. The van der Waals surface area contributed by atoms with Gasteiger partial charge in [-0.1, -0.05) is 29.8 Å². The van der Waals surface area contributed by atoms with Crippen LogP contribution in [0.4, 0.5) is 0 Å². The Morgan fingerprint density at radius 3 is 2.78 bits per heavy atom. The zero-order valence-corrected chi connectivity index (χ0v) is 11.7. The second-order valence-electron chi connectivity index (χ2n) is 4.55. The summed E-state index contributed by atoms with van der Waals surface area (Å²) in [6, 6.07) is 8.97. The summed E-state index contributed by atoms with van der Waals surface area (Å²) in [6.07, 6.45) is 0.962. The molecule has 0 aromatic heterocycles. The van der Waals surface area contributed by atoms with Gasteiger partial charge < -0.3 is 14.8 Å². The predicted octanol–water partition coefficient (Wildman–Crippen LogP) is 2.70. The van der Waals surface area contributed by atoms with Crippen molar-refractivity contribution in [3.8, 4) is 0 Å². The van der Waals surface area contributed by atoms with E-state index in [0.717, 1.165) is 32.8 Å². The summed E-state index contributed by atoms with van der Waals surface area (Å²) in [6.45, 7) is 7.47. The van der Waals surface area contributed by atoms with Gasteiger partial charge in [0.1, 0.15) is 0 Å². The number of hydrogen-bond donors (Lipinski definition) is 1. The molecule has 0 heterocycles. The highest BCUT2D eigenvalue weighted by Gasteiger charge is 2.03. The molecule has 0 spiro atoms. The van der Waals surface area contributed by atoms with Gasteiger partial charge in [0.2, 0.25) is 0 Å². The van der Waals surface area contributed by atoms with E-state index >= 15 is 0 Å². The molecule has 0 amide bonds. The molecular weight excluding hydrogens is 226 g/mol. The number of nitrogens with one attached hydrogen (secondary N) is 1. The molecule has 0 radical (unpaired) electrons. The van der Waals surface area contributed by atoms with E-state index in [9.17, 15) is 0 Å². The van der Waals surface area contributed by atoms with Crippen LogP contribution in [0.2, 0.25) is 0 Å². The fourth-order valence-corrected chi connectivity index (χ4v) is 1.81. The molecule has 0 fully saturated rings. The fraction of sp³-hybridized carbons (Fsp3) is 0.600. The molecule has 0 unspecified atom stereocenters. The summed E-state index contributed by atoms with van der Waals surface area (Å²) < 4.78 is 10.5. The first-order valence-corrected chi connectivity index (χ1v) is 6.60. The van der Waals surface area contributed by atoms with Gasteiger partial charge >= 0.3 is 0 Å². The highest BCUT2D eigenvalue weighted by molar-refractivity contribution is 5.24. The highest BCUT2D eigenvalue weighted by atomic mass is 16.5. The smallest absolute Gasteiger partial charge is 0.0591 e. The maximum absolute atomic E-state index is 5.50. The Balaban J connectivity index is 2.12. The molecular formula is C15H25NO2. The Kier molecular flexibility index (Phi) is 7.65. The van der Waals surface area contributed by atoms with Crippen LogP contribution >= 0.6 is 0 Å². The molecule has 1 atom stereocenters. The molecule has 18 heavy (non-hydrogen) atoms. The van der Waals surface area contributed by atoms with Gasteiger partial charge in [-0.05, 0) is 25.8 Å². The van der Waals surface area contributed by atoms with Crippen LogP contribution in [0.5, 0.6) is 0 Å². The van der Waals surface area contributed by atoms with Gasteiger partial charge in [0.25, 0.3) is 0 Å². The third-order valence-corrected chi connectivity index (χ3v) is 2.88. The first-order valence-electron chi connectivity index (χ1n) is 6.60. The summed E-state index contributed by atoms with van der Waals surface area (Å²) >= 11 is 0. The number of methoxy groups -OCH3 is 1. The fourth-order valence-electron chi connectivity index (χ4n) is 1.81. The Labute approximate surface area is 110 Å². The van der Waals surface area contributed by atoms with E-state index in [1.165, 1.54) is 11.1 Å². The second kappa shape index (κ2) is 9.09. The van der Waals surface area contributed by atoms with Crippen molar-refractivity contribution in [1.29, 1.82) is 0 Å². The van der Waals surface area contributed by atoms with E-state index in [-0.39, 0.29) is 0 Å². The number of rotatable bonds is 9. The molecule has 0 aliphatic heterocycles. The van der Waals surface area contributed by atoms with Crippen molar-refractivity contribution >= 4 is 0 Å². The average Bonchev–Trinajstić information content (AvgIpc) is 2.37. The molecule has 3 nitrogen and oxygen atoms in total. The molecule has 0 aliphatic carbocycles. The van der Waals surface area contributed by atoms with Crippen molar-refractivity contribution in [2.75, 3.05) is 33.5 Å². The Bertz CT molecular complexity index is 328. The van der Waals surface area contributed by atoms with Crippen LogP contribution in [0.3, 0.4) is 0 Å². The summed E-state index contributed by atoms with van der Waals surface area (Å²) in [5.41, 5.74) is 2.63. The van der Waals surface area contributed by atoms with E-state index in [2.05, 4.69) is 43.4 Å². The van der Waals surface area contributed by atoms with Crippen LogP contribution in [0.15, 0.2) is 24.3 Å². The minimum atomic E-state index is 0.368. The van der Waals surface area contributed by atoms with Gasteiger partial charge in [-0.3, -0.25) is 0 Å². The SMILES string of the molecule is COCCCOCCN[C@@H](C)c1cccc(C)c1.